The third kappa shape index (κ3) is 2.30. The Kier molecular flexibility index (Phi) is 3.13. The van der Waals surface area contributed by atoms with Gasteiger partial charge in [-0.2, -0.15) is 0 Å². The quantitative estimate of drug-likeness (QED) is 0.607. The average molecular weight is 250 g/mol. The van der Waals surface area contributed by atoms with Crippen LogP contribution in [0.1, 0.15) is 5.56 Å². The third-order valence-electron chi connectivity index (χ3n) is 3.12. The first-order valence-electron chi connectivity index (χ1n) is 6.14. The van der Waals surface area contributed by atoms with E-state index in [1.54, 1.807) is 0 Å². The second-order valence-corrected chi connectivity index (χ2v) is 5.88. The van der Waals surface area contributed by atoms with E-state index in [1.165, 1.54) is 26.9 Å². The highest BCUT2D eigenvalue weighted by molar-refractivity contribution is 7.56. The van der Waals surface area contributed by atoms with Gasteiger partial charge in [-0.3, -0.25) is 0 Å². The van der Waals surface area contributed by atoms with Crippen LogP contribution in [0.4, 0.5) is 0 Å². The Morgan fingerprint density at radius 2 is 1.44 bits per heavy atom. The van der Waals surface area contributed by atoms with Gasteiger partial charge in [-0.1, -0.05) is 80.9 Å². The first-order valence-corrected chi connectivity index (χ1v) is 7.14. The zero-order valence-electron chi connectivity index (χ0n) is 10.4. The Morgan fingerprint density at radius 3 is 2.28 bits per heavy atom. The Bertz CT molecular complexity index is 663. The van der Waals surface area contributed by atoms with Gasteiger partial charge in [-0.15, -0.1) is 0 Å². The molecule has 0 aromatic heterocycles. The van der Waals surface area contributed by atoms with Crippen molar-refractivity contribution in [1.29, 1.82) is 0 Å². The summed E-state index contributed by atoms with van der Waals surface area (Å²) in [6, 6.07) is 24.0. The lowest BCUT2D eigenvalue weighted by Crippen LogP contribution is -2.04. The summed E-state index contributed by atoms with van der Waals surface area (Å²) < 4.78 is 0. The fourth-order valence-electron chi connectivity index (χ4n) is 2.13. The lowest BCUT2D eigenvalue weighted by atomic mass is 10.1. The van der Waals surface area contributed by atoms with Gasteiger partial charge in [0.25, 0.3) is 0 Å². The standard InChI is InChI=1S/C17H15P/c1-13-9-11-15(12-10-13)18-17-8-4-6-14-5-2-3-7-16(14)17/h2-12,18H,1H3. The topological polar surface area (TPSA) is 0 Å². The molecule has 3 rings (SSSR count). The molecular weight excluding hydrogens is 235 g/mol. The lowest BCUT2D eigenvalue weighted by Gasteiger charge is -2.07. The molecule has 1 unspecified atom stereocenters. The van der Waals surface area contributed by atoms with Crippen LogP contribution in [-0.4, -0.2) is 0 Å². The van der Waals surface area contributed by atoms with Crippen molar-refractivity contribution >= 4 is 30.0 Å². The van der Waals surface area contributed by atoms with Crippen molar-refractivity contribution in [1.82, 2.24) is 0 Å². The van der Waals surface area contributed by atoms with E-state index < -0.39 is 0 Å². The molecule has 0 fully saturated rings. The van der Waals surface area contributed by atoms with Gasteiger partial charge in [-0.25, -0.2) is 0 Å². The fourth-order valence-corrected chi connectivity index (χ4v) is 3.31. The maximum absolute atomic E-state index is 2.24. The van der Waals surface area contributed by atoms with Crippen molar-refractivity contribution < 1.29 is 0 Å². The molecule has 0 aliphatic rings. The van der Waals surface area contributed by atoms with Gasteiger partial charge in [0.2, 0.25) is 0 Å². The van der Waals surface area contributed by atoms with Gasteiger partial charge in [-0.05, 0) is 28.3 Å². The summed E-state index contributed by atoms with van der Waals surface area (Å²) in [7, 11) is 0.727. The molecule has 0 bridgehead atoms. The molecule has 0 aliphatic heterocycles. The maximum Gasteiger partial charge on any atom is -0.0106 e. The smallest absolute Gasteiger partial charge is 0.0106 e. The molecule has 0 amide bonds. The van der Waals surface area contributed by atoms with Gasteiger partial charge in [0, 0.05) is 0 Å². The number of benzene rings is 3. The van der Waals surface area contributed by atoms with E-state index >= 15 is 0 Å². The Morgan fingerprint density at radius 1 is 0.722 bits per heavy atom. The highest BCUT2D eigenvalue weighted by Crippen LogP contribution is 2.19. The summed E-state index contributed by atoms with van der Waals surface area (Å²) >= 11 is 0. The summed E-state index contributed by atoms with van der Waals surface area (Å²) in [6.45, 7) is 2.13. The van der Waals surface area contributed by atoms with Crippen LogP contribution in [0.15, 0.2) is 66.7 Å². The third-order valence-corrected chi connectivity index (χ3v) is 4.45. The normalized spacial score (nSPS) is 11.4. The van der Waals surface area contributed by atoms with Crippen molar-refractivity contribution in [3.05, 3.63) is 72.3 Å². The molecule has 3 aromatic carbocycles. The minimum Gasteiger partial charge on any atom is -0.0616 e. The number of fused-ring (bicyclic) bond motifs is 1. The predicted octanol–water partition coefficient (Wildman–Crippen LogP) is 3.78. The molecule has 0 aliphatic carbocycles. The van der Waals surface area contributed by atoms with Crippen LogP contribution in [0.25, 0.3) is 10.8 Å². The Balaban J connectivity index is 2.02. The minimum atomic E-state index is 0.727. The fraction of sp³-hybridized carbons (Fsp3) is 0.0588. The largest absolute Gasteiger partial charge is 0.0616 e. The summed E-state index contributed by atoms with van der Waals surface area (Å²) in [6.07, 6.45) is 0. The number of hydrogen-bond donors (Lipinski definition) is 0. The molecule has 0 heterocycles. The lowest BCUT2D eigenvalue weighted by molar-refractivity contribution is 1.49. The van der Waals surface area contributed by atoms with Crippen molar-refractivity contribution in [3.63, 3.8) is 0 Å². The molecule has 1 atom stereocenters. The first-order chi connectivity index (χ1) is 8.83. The van der Waals surface area contributed by atoms with E-state index in [0.29, 0.717) is 0 Å². The maximum atomic E-state index is 2.24. The first kappa shape index (κ1) is 11.4. The molecule has 0 saturated carbocycles. The second kappa shape index (κ2) is 4.92. The van der Waals surface area contributed by atoms with Gasteiger partial charge in [0.05, 0.1) is 0 Å². The highest BCUT2D eigenvalue weighted by atomic mass is 31.1. The van der Waals surface area contributed by atoms with Gasteiger partial charge >= 0.3 is 0 Å². The van der Waals surface area contributed by atoms with Crippen LogP contribution >= 0.6 is 8.58 Å². The van der Waals surface area contributed by atoms with Crippen LogP contribution in [0, 0.1) is 6.92 Å². The van der Waals surface area contributed by atoms with Crippen LogP contribution in [-0.2, 0) is 0 Å². The molecule has 88 valence electrons. The van der Waals surface area contributed by atoms with Crippen molar-refractivity contribution in [2.75, 3.05) is 0 Å². The molecule has 0 spiro atoms. The summed E-state index contributed by atoms with van der Waals surface area (Å²) in [4.78, 5) is 0. The second-order valence-electron chi connectivity index (χ2n) is 4.52. The monoisotopic (exact) mass is 250 g/mol. The van der Waals surface area contributed by atoms with Crippen LogP contribution < -0.4 is 10.6 Å². The number of aryl methyl sites for hydroxylation is 1. The minimum absolute atomic E-state index is 0.727. The van der Waals surface area contributed by atoms with E-state index in [2.05, 4.69) is 73.7 Å². The van der Waals surface area contributed by atoms with Crippen LogP contribution in [0.2, 0.25) is 0 Å². The van der Waals surface area contributed by atoms with E-state index in [4.69, 9.17) is 0 Å². The molecule has 0 nitrogen and oxygen atoms in total. The van der Waals surface area contributed by atoms with E-state index in [-0.39, 0.29) is 0 Å². The molecule has 0 saturated heterocycles. The van der Waals surface area contributed by atoms with Gasteiger partial charge in [0.1, 0.15) is 0 Å². The van der Waals surface area contributed by atoms with E-state index in [0.717, 1.165) is 8.58 Å². The van der Waals surface area contributed by atoms with E-state index in [1.807, 2.05) is 0 Å². The Labute approximate surface area is 109 Å². The Hall–Kier alpha value is -1.65. The molecule has 0 N–H and O–H groups in total. The van der Waals surface area contributed by atoms with Crippen LogP contribution in [0.3, 0.4) is 0 Å². The van der Waals surface area contributed by atoms with Crippen molar-refractivity contribution in [3.8, 4) is 0 Å². The molecular formula is C17H15P. The van der Waals surface area contributed by atoms with Crippen molar-refractivity contribution in [2.24, 2.45) is 0 Å². The van der Waals surface area contributed by atoms with Gasteiger partial charge < -0.3 is 0 Å². The molecule has 3 aromatic rings. The van der Waals surface area contributed by atoms with Gasteiger partial charge in [0.15, 0.2) is 0 Å². The predicted molar refractivity (Wildman–Crippen MR) is 82.7 cm³/mol. The summed E-state index contributed by atoms with van der Waals surface area (Å²) in [5.74, 6) is 0. The molecule has 18 heavy (non-hydrogen) atoms. The molecule has 1 heteroatoms. The zero-order chi connectivity index (χ0) is 12.4. The highest BCUT2D eigenvalue weighted by Gasteiger charge is 2.01. The SMILES string of the molecule is Cc1ccc(Pc2cccc3ccccc23)cc1. The summed E-state index contributed by atoms with van der Waals surface area (Å²) in [5, 5.41) is 5.53. The zero-order valence-corrected chi connectivity index (χ0v) is 11.4. The average Bonchev–Trinajstić information content (AvgIpc) is 2.42. The summed E-state index contributed by atoms with van der Waals surface area (Å²) in [5.41, 5.74) is 1.32. The van der Waals surface area contributed by atoms with E-state index in [9.17, 15) is 0 Å². The van der Waals surface area contributed by atoms with Crippen molar-refractivity contribution in [2.45, 2.75) is 6.92 Å². The number of hydrogen-bond acceptors (Lipinski definition) is 0. The molecule has 0 radical (unpaired) electrons. The number of rotatable bonds is 2. The van der Waals surface area contributed by atoms with Crippen LogP contribution in [0.5, 0.6) is 0 Å².